The Kier molecular flexibility index (Phi) is 10.3. The Balaban J connectivity index is 0. The van der Waals surface area contributed by atoms with Crippen LogP contribution in [0.15, 0.2) is 0 Å². The number of hydrogen-bond donors (Lipinski definition) is 2. The van der Waals surface area contributed by atoms with Crippen LogP contribution in [0.1, 0.15) is 52.4 Å². The molecule has 4 nitrogen and oxygen atoms in total. The highest BCUT2D eigenvalue weighted by molar-refractivity contribution is 6.00. The Morgan fingerprint density at radius 2 is 1.53 bits per heavy atom. The van der Waals surface area contributed by atoms with E-state index in [0.29, 0.717) is 0 Å². The van der Waals surface area contributed by atoms with Crippen LogP contribution in [0.2, 0.25) is 0 Å². The summed E-state index contributed by atoms with van der Waals surface area (Å²) < 4.78 is 0. The first-order valence-electron chi connectivity index (χ1n) is 5.86. The van der Waals surface area contributed by atoms with Crippen molar-refractivity contribution < 1.29 is 48.9 Å². The molecular weight excluding hydrogens is 352 g/mol. The van der Waals surface area contributed by atoms with E-state index >= 15 is 0 Å². The van der Waals surface area contributed by atoms with Crippen molar-refractivity contribution in [2.45, 2.75) is 57.9 Å². The van der Waals surface area contributed by atoms with Crippen LogP contribution in [0.4, 0.5) is 4.79 Å². The minimum Gasteiger partial charge on any atom is -1.00 e. The number of halogens is 2. The molecule has 0 atom stereocenters. The van der Waals surface area contributed by atoms with Gasteiger partial charge in [0.1, 0.15) is 0 Å². The third-order valence-corrected chi connectivity index (χ3v) is 3.05. The van der Waals surface area contributed by atoms with Gasteiger partial charge in [0.2, 0.25) is 0 Å². The molecule has 1 saturated heterocycles. The maximum Gasteiger partial charge on any atom is 0.420 e. The molecule has 0 aromatic carbocycles. The number of imide groups is 1. The molecule has 0 saturated carbocycles. The summed E-state index contributed by atoms with van der Waals surface area (Å²) in [6.45, 7) is 4.20. The van der Waals surface area contributed by atoms with E-state index in [1.807, 2.05) is 0 Å². The van der Waals surface area contributed by atoms with Crippen molar-refractivity contribution in [2.24, 2.45) is 0 Å². The van der Waals surface area contributed by atoms with Crippen molar-refractivity contribution in [3.63, 3.8) is 0 Å². The lowest BCUT2D eigenvalue weighted by molar-refractivity contribution is -0.614. The molecule has 0 aromatic rings. The molecule has 0 bridgehead atoms. The second kappa shape index (κ2) is 9.05. The number of hydrogen-bond acceptors (Lipinski definition) is 2. The highest BCUT2D eigenvalue weighted by atomic mass is 79.9. The Morgan fingerprint density at radius 3 is 1.82 bits per heavy atom. The standard InChI is InChI=1S/C11H20N2O2.2BrH/c1-3-5-7-11(8-6-4-2)9(14)12-10(15)13-11;;/h3-8H2,1-2H3,(H2,12,13,14,15);2*1H/p-1. The van der Waals surface area contributed by atoms with Gasteiger partial charge in [-0.3, -0.25) is 4.79 Å². The van der Waals surface area contributed by atoms with E-state index < -0.39 is 5.54 Å². The SMILES string of the molecule is CCCCC1(CCCC)[NH2+]C(=O)NC1=O.[Br-].[Br-]. The molecule has 1 rings (SSSR count). The molecule has 102 valence electrons. The number of nitrogens with two attached hydrogens (primary N) is 1. The van der Waals surface area contributed by atoms with Gasteiger partial charge in [0.15, 0.2) is 5.54 Å². The van der Waals surface area contributed by atoms with Crippen LogP contribution in [0.5, 0.6) is 0 Å². The summed E-state index contributed by atoms with van der Waals surface area (Å²) >= 11 is 0. The first-order chi connectivity index (χ1) is 7.14. The quantitative estimate of drug-likeness (QED) is 0.458. The summed E-state index contributed by atoms with van der Waals surface area (Å²) in [5.41, 5.74) is -0.497. The fourth-order valence-electron chi connectivity index (χ4n) is 2.07. The van der Waals surface area contributed by atoms with Gasteiger partial charge < -0.3 is 34.0 Å². The predicted octanol–water partition coefficient (Wildman–Crippen LogP) is -5.07. The van der Waals surface area contributed by atoms with Gasteiger partial charge in [0.05, 0.1) is 0 Å². The molecule has 0 aliphatic carbocycles. The molecule has 1 aliphatic rings. The molecule has 0 spiro atoms. The van der Waals surface area contributed by atoms with Crippen molar-refractivity contribution in [2.75, 3.05) is 0 Å². The number of primary amides is 1. The molecule has 17 heavy (non-hydrogen) atoms. The number of carbonyl (C=O) groups excluding carboxylic acids is 2. The number of quaternary nitrogens is 1. The van der Waals surface area contributed by atoms with E-state index in [2.05, 4.69) is 19.2 Å². The van der Waals surface area contributed by atoms with Crippen LogP contribution in [0.3, 0.4) is 0 Å². The number of rotatable bonds is 6. The van der Waals surface area contributed by atoms with E-state index in [0.717, 1.165) is 38.5 Å². The lowest BCUT2D eigenvalue weighted by Crippen LogP contribution is -3.00. The normalized spacial score (nSPS) is 17.1. The summed E-state index contributed by atoms with van der Waals surface area (Å²) in [5, 5.41) is 3.99. The minimum absolute atomic E-state index is 0. The Morgan fingerprint density at radius 1 is 1.06 bits per heavy atom. The van der Waals surface area contributed by atoms with Crippen molar-refractivity contribution in [1.82, 2.24) is 5.32 Å². The van der Waals surface area contributed by atoms with Gasteiger partial charge in [-0.2, -0.15) is 0 Å². The maximum atomic E-state index is 11.8. The minimum atomic E-state index is -0.497. The maximum absolute atomic E-state index is 11.8. The first kappa shape index (κ1) is 19.4. The number of carbonyl (C=O) groups is 2. The molecule has 0 aromatic heterocycles. The Bertz CT molecular complexity index is 252. The van der Waals surface area contributed by atoms with Gasteiger partial charge in [-0.15, -0.1) is 0 Å². The zero-order valence-corrected chi connectivity index (χ0v) is 13.6. The van der Waals surface area contributed by atoms with Crippen LogP contribution in [0.25, 0.3) is 0 Å². The van der Waals surface area contributed by atoms with E-state index in [-0.39, 0.29) is 45.9 Å². The van der Waals surface area contributed by atoms with Crippen LogP contribution in [-0.4, -0.2) is 17.5 Å². The molecule has 0 radical (unpaired) electrons. The van der Waals surface area contributed by atoms with Crippen molar-refractivity contribution >= 4 is 11.9 Å². The van der Waals surface area contributed by atoms with Crippen LogP contribution in [-0.2, 0) is 4.79 Å². The number of amides is 3. The van der Waals surface area contributed by atoms with E-state index in [1.165, 1.54) is 0 Å². The first-order valence-corrected chi connectivity index (χ1v) is 5.86. The summed E-state index contributed by atoms with van der Waals surface area (Å²) in [7, 11) is 0. The fourth-order valence-corrected chi connectivity index (χ4v) is 2.07. The van der Waals surface area contributed by atoms with Crippen molar-refractivity contribution in [1.29, 1.82) is 0 Å². The monoisotopic (exact) mass is 371 g/mol. The Hall–Kier alpha value is 0.0600. The fraction of sp³-hybridized carbons (Fsp3) is 0.818. The molecule has 1 fully saturated rings. The van der Waals surface area contributed by atoms with Gasteiger partial charge in [0, 0.05) is 12.8 Å². The Labute approximate surface area is 124 Å². The zero-order valence-electron chi connectivity index (χ0n) is 10.4. The molecule has 3 N–H and O–H groups in total. The lowest BCUT2D eigenvalue weighted by Gasteiger charge is -2.21. The zero-order chi connectivity index (χ0) is 11.3. The average Bonchev–Trinajstić information content (AvgIpc) is 2.48. The summed E-state index contributed by atoms with van der Waals surface area (Å²) in [6, 6.07) is -0.216. The number of unbranched alkanes of at least 4 members (excludes halogenated alkanes) is 2. The van der Waals surface area contributed by atoms with Gasteiger partial charge >= 0.3 is 6.03 Å². The average molecular weight is 373 g/mol. The molecule has 0 unspecified atom stereocenters. The van der Waals surface area contributed by atoms with Crippen molar-refractivity contribution in [3.05, 3.63) is 0 Å². The van der Waals surface area contributed by atoms with E-state index in [9.17, 15) is 9.59 Å². The number of urea groups is 1. The van der Waals surface area contributed by atoms with Crippen LogP contribution < -0.4 is 44.6 Å². The molecular formula is C11H21Br2N2O2-. The smallest absolute Gasteiger partial charge is 0.420 e. The third-order valence-electron chi connectivity index (χ3n) is 3.05. The van der Waals surface area contributed by atoms with Crippen LogP contribution in [0, 0.1) is 0 Å². The molecule has 1 aliphatic heterocycles. The summed E-state index contributed by atoms with van der Waals surface area (Å²) in [6.07, 6.45) is 5.73. The topological polar surface area (TPSA) is 62.8 Å². The van der Waals surface area contributed by atoms with Gasteiger partial charge in [-0.05, 0) is 12.8 Å². The largest absolute Gasteiger partial charge is 1.00 e. The van der Waals surface area contributed by atoms with Gasteiger partial charge in [0.25, 0.3) is 5.91 Å². The highest BCUT2D eigenvalue weighted by Gasteiger charge is 2.49. The lowest BCUT2D eigenvalue weighted by atomic mass is 9.87. The predicted molar refractivity (Wildman–Crippen MR) is 57.2 cm³/mol. The molecule has 3 amide bonds. The second-order valence-electron chi connectivity index (χ2n) is 4.33. The molecule has 6 heteroatoms. The van der Waals surface area contributed by atoms with Gasteiger partial charge in [-0.1, -0.05) is 26.7 Å². The second-order valence-corrected chi connectivity index (χ2v) is 4.33. The third kappa shape index (κ3) is 5.06. The van der Waals surface area contributed by atoms with E-state index in [1.54, 1.807) is 5.32 Å². The summed E-state index contributed by atoms with van der Waals surface area (Å²) in [4.78, 5) is 23.0. The summed E-state index contributed by atoms with van der Waals surface area (Å²) in [5.74, 6) is -0.0885. The van der Waals surface area contributed by atoms with E-state index in [4.69, 9.17) is 0 Å². The van der Waals surface area contributed by atoms with Gasteiger partial charge in [-0.25, -0.2) is 15.4 Å². The van der Waals surface area contributed by atoms with Crippen LogP contribution >= 0.6 is 0 Å². The highest BCUT2D eigenvalue weighted by Crippen LogP contribution is 2.19. The molecule has 1 heterocycles. The van der Waals surface area contributed by atoms with Crippen molar-refractivity contribution in [3.8, 4) is 0 Å². The number of nitrogens with one attached hydrogen (secondary N) is 1.